The number of pyridine rings is 1. The predicted molar refractivity (Wildman–Crippen MR) is 140 cm³/mol. The van der Waals surface area contributed by atoms with Gasteiger partial charge in [0.2, 0.25) is 0 Å². The van der Waals surface area contributed by atoms with Gasteiger partial charge in [0, 0.05) is 41.4 Å². The Balaban J connectivity index is 1.49. The van der Waals surface area contributed by atoms with Crippen molar-refractivity contribution < 1.29 is 9.90 Å². The fourth-order valence-electron chi connectivity index (χ4n) is 4.30. The second-order valence-electron chi connectivity index (χ2n) is 8.32. The number of aromatic nitrogens is 1. The average Bonchev–Trinajstić information content (AvgIpc) is 3.56. The van der Waals surface area contributed by atoms with E-state index in [9.17, 15) is 9.90 Å². The van der Waals surface area contributed by atoms with E-state index in [1.54, 1.807) is 24.5 Å². The maximum atomic E-state index is 13.7. The molecular formula is C28H26N4O2S. The number of hydrogen-bond donors (Lipinski definition) is 2. The number of benzene rings is 2. The van der Waals surface area contributed by atoms with Gasteiger partial charge in [-0.15, -0.1) is 11.3 Å². The van der Waals surface area contributed by atoms with Crippen molar-refractivity contribution in [2.24, 2.45) is 5.10 Å². The zero-order chi connectivity index (χ0) is 24.2. The number of thiophene rings is 1. The summed E-state index contributed by atoms with van der Waals surface area (Å²) in [6.07, 6.45) is 3.96. The van der Waals surface area contributed by atoms with E-state index in [2.05, 4.69) is 29.4 Å². The van der Waals surface area contributed by atoms with Crippen LogP contribution >= 0.6 is 11.3 Å². The maximum Gasteiger partial charge on any atom is 0.284 e. The van der Waals surface area contributed by atoms with Crippen LogP contribution in [0.25, 0.3) is 10.4 Å². The molecule has 0 aliphatic carbocycles. The number of nitrogens with zero attached hydrogens (tertiary/aromatic N) is 3. The van der Waals surface area contributed by atoms with Crippen LogP contribution in [0.15, 0.2) is 90.3 Å². The molecule has 0 saturated carbocycles. The van der Waals surface area contributed by atoms with Crippen molar-refractivity contribution in [1.29, 1.82) is 0 Å². The molecule has 4 aromatic rings. The van der Waals surface area contributed by atoms with Gasteiger partial charge in [-0.2, -0.15) is 5.10 Å². The fourth-order valence-corrected chi connectivity index (χ4v) is 5.30. The largest absolute Gasteiger partial charge is 0.508 e. The van der Waals surface area contributed by atoms with Gasteiger partial charge >= 0.3 is 0 Å². The van der Waals surface area contributed by atoms with Crippen LogP contribution in [0.2, 0.25) is 0 Å². The van der Waals surface area contributed by atoms with Crippen molar-refractivity contribution in [3.63, 3.8) is 0 Å². The van der Waals surface area contributed by atoms with Gasteiger partial charge in [-0.3, -0.25) is 9.78 Å². The van der Waals surface area contributed by atoms with Crippen LogP contribution in [-0.4, -0.2) is 33.3 Å². The summed E-state index contributed by atoms with van der Waals surface area (Å²) < 4.78 is 0. The molecule has 7 heteroatoms. The zero-order valence-electron chi connectivity index (χ0n) is 19.4. The molecule has 1 aliphatic rings. The smallest absolute Gasteiger partial charge is 0.284 e. The first-order chi connectivity index (χ1) is 17.2. The molecule has 1 aliphatic heterocycles. The van der Waals surface area contributed by atoms with Gasteiger partial charge in [-0.1, -0.05) is 55.5 Å². The Morgan fingerprint density at radius 2 is 1.91 bits per heavy atom. The lowest BCUT2D eigenvalue weighted by Gasteiger charge is -2.22. The highest BCUT2D eigenvalue weighted by molar-refractivity contribution is 7.17. The first-order valence-corrected chi connectivity index (χ1v) is 12.5. The van der Waals surface area contributed by atoms with Gasteiger partial charge in [0.1, 0.15) is 5.75 Å². The highest BCUT2D eigenvalue weighted by atomic mass is 32.1. The van der Waals surface area contributed by atoms with Crippen LogP contribution in [-0.2, 0) is 6.54 Å². The maximum absolute atomic E-state index is 13.7. The van der Waals surface area contributed by atoms with Gasteiger partial charge in [-0.25, -0.2) is 5.01 Å². The van der Waals surface area contributed by atoms with E-state index in [4.69, 9.17) is 5.10 Å². The lowest BCUT2D eigenvalue weighted by molar-refractivity contribution is 0.0714. The summed E-state index contributed by atoms with van der Waals surface area (Å²) in [6.45, 7) is 3.75. The molecule has 2 aromatic heterocycles. The highest BCUT2D eigenvalue weighted by Gasteiger charge is 2.35. The highest BCUT2D eigenvalue weighted by Crippen LogP contribution is 2.39. The first-order valence-electron chi connectivity index (χ1n) is 11.6. The summed E-state index contributed by atoms with van der Waals surface area (Å²) in [5.41, 5.74) is 4.63. The number of rotatable bonds is 7. The van der Waals surface area contributed by atoms with E-state index < -0.39 is 6.04 Å². The number of carbonyl (C=O) groups excluding carboxylic acids is 1. The summed E-state index contributed by atoms with van der Waals surface area (Å²) in [7, 11) is 0. The van der Waals surface area contributed by atoms with Crippen molar-refractivity contribution in [2.75, 3.05) is 6.54 Å². The molecule has 3 heterocycles. The summed E-state index contributed by atoms with van der Waals surface area (Å²) in [5, 5.41) is 20.2. The van der Waals surface area contributed by atoms with Crippen molar-refractivity contribution in [2.45, 2.75) is 25.9 Å². The van der Waals surface area contributed by atoms with Crippen LogP contribution in [0.4, 0.5) is 0 Å². The third-order valence-electron chi connectivity index (χ3n) is 6.07. The van der Waals surface area contributed by atoms with Crippen molar-refractivity contribution >= 4 is 23.0 Å². The van der Waals surface area contributed by atoms with Crippen LogP contribution < -0.4 is 5.32 Å². The van der Waals surface area contributed by atoms with Gasteiger partial charge in [0.05, 0.1) is 16.6 Å². The molecule has 2 N–H and O–H groups in total. The summed E-state index contributed by atoms with van der Waals surface area (Å²) >= 11 is 1.46. The Morgan fingerprint density at radius 1 is 1.09 bits per heavy atom. The SMILES string of the molecule is CCNCc1ccccc1-c1ccc(C(=O)N2N=C(c3cccnc3)CC2c2ccccc2O)s1. The summed E-state index contributed by atoms with van der Waals surface area (Å²) in [5.74, 6) is -0.0280. The minimum absolute atomic E-state index is 0.155. The average molecular weight is 483 g/mol. The molecule has 5 rings (SSSR count). The second kappa shape index (κ2) is 10.2. The molecule has 176 valence electrons. The molecule has 0 radical (unpaired) electrons. The van der Waals surface area contributed by atoms with Crippen LogP contribution in [0.5, 0.6) is 5.75 Å². The zero-order valence-corrected chi connectivity index (χ0v) is 20.2. The van der Waals surface area contributed by atoms with Gasteiger partial charge in [0.15, 0.2) is 0 Å². The van der Waals surface area contributed by atoms with Crippen molar-refractivity contribution in [1.82, 2.24) is 15.3 Å². The van der Waals surface area contributed by atoms with Crippen LogP contribution in [0.1, 0.15) is 45.7 Å². The van der Waals surface area contributed by atoms with E-state index in [1.165, 1.54) is 21.9 Å². The number of aromatic hydroxyl groups is 1. The number of carbonyl (C=O) groups is 1. The lowest BCUT2D eigenvalue weighted by Crippen LogP contribution is -2.26. The predicted octanol–water partition coefficient (Wildman–Crippen LogP) is 5.62. The van der Waals surface area contributed by atoms with E-state index in [-0.39, 0.29) is 11.7 Å². The van der Waals surface area contributed by atoms with Gasteiger partial charge in [0.25, 0.3) is 5.91 Å². The molecule has 0 saturated heterocycles. The number of hydrogen-bond acceptors (Lipinski definition) is 6. The van der Waals surface area contributed by atoms with E-state index in [0.29, 0.717) is 16.9 Å². The summed E-state index contributed by atoms with van der Waals surface area (Å²) in [4.78, 5) is 19.6. The number of phenolic OH excluding ortho intramolecular Hbond substituents is 1. The first kappa shape index (κ1) is 23.0. The Labute approximate surface area is 208 Å². The number of hydrazone groups is 1. The van der Waals surface area contributed by atoms with Crippen LogP contribution in [0.3, 0.4) is 0 Å². The third-order valence-corrected chi connectivity index (χ3v) is 7.18. The lowest BCUT2D eigenvalue weighted by atomic mass is 9.98. The molecular weight excluding hydrogens is 456 g/mol. The standard InChI is InChI=1S/C28H26N4O2S/c1-2-29-17-19-8-3-4-10-21(19)26-13-14-27(35-26)28(34)32-24(22-11-5-6-12-25(22)33)16-23(31-32)20-9-7-15-30-18-20/h3-15,18,24,29,33H,2,16-17H2,1H3. The monoisotopic (exact) mass is 482 g/mol. The Hall–Kier alpha value is -3.81. The minimum atomic E-state index is -0.398. The Morgan fingerprint density at radius 3 is 2.71 bits per heavy atom. The number of amides is 1. The molecule has 0 spiro atoms. The molecule has 35 heavy (non-hydrogen) atoms. The molecule has 0 bridgehead atoms. The molecule has 2 aromatic carbocycles. The molecule has 1 amide bonds. The topological polar surface area (TPSA) is 77.8 Å². The van der Waals surface area contributed by atoms with Gasteiger partial charge < -0.3 is 10.4 Å². The molecule has 1 atom stereocenters. The van der Waals surface area contributed by atoms with E-state index in [0.717, 1.165) is 34.8 Å². The number of phenols is 1. The molecule has 1 unspecified atom stereocenters. The van der Waals surface area contributed by atoms with E-state index in [1.807, 2.05) is 48.5 Å². The number of nitrogens with one attached hydrogen (secondary N) is 1. The van der Waals surface area contributed by atoms with Crippen molar-refractivity contribution in [3.05, 3.63) is 107 Å². The second-order valence-corrected chi connectivity index (χ2v) is 9.40. The number of para-hydroxylation sites is 1. The van der Waals surface area contributed by atoms with Crippen molar-refractivity contribution in [3.8, 4) is 16.2 Å². The fraction of sp³-hybridized carbons (Fsp3) is 0.179. The third kappa shape index (κ3) is 4.73. The Kier molecular flexibility index (Phi) is 6.70. The molecule has 0 fully saturated rings. The van der Waals surface area contributed by atoms with Gasteiger partial charge in [-0.05, 0) is 41.9 Å². The minimum Gasteiger partial charge on any atom is -0.508 e. The summed E-state index contributed by atoms with van der Waals surface area (Å²) in [6, 6.07) is 22.6. The normalized spacial score (nSPS) is 15.3. The molecule has 6 nitrogen and oxygen atoms in total. The van der Waals surface area contributed by atoms with Crippen LogP contribution in [0, 0.1) is 0 Å². The Bertz CT molecular complexity index is 1370. The van der Waals surface area contributed by atoms with E-state index >= 15 is 0 Å². The quantitative estimate of drug-likeness (QED) is 0.359.